The molecule has 1 aromatic rings. The van der Waals surface area contributed by atoms with E-state index in [1.165, 1.54) is 4.57 Å². The van der Waals surface area contributed by atoms with E-state index in [1.54, 1.807) is 4.90 Å². The molecule has 1 unspecified atom stereocenters. The minimum absolute atomic E-state index is 0.00362. The summed E-state index contributed by atoms with van der Waals surface area (Å²) in [4.78, 5) is 27.3. The average Bonchev–Trinajstić information content (AvgIpc) is 3.17. The SMILES string of the molecule is CC(C)C1C[C@@H](NC2CCOCC2)C[C@H]1C(=O)N1CCn2c(cc(C(F)(F)F)cc2=O)C1. The summed E-state index contributed by atoms with van der Waals surface area (Å²) in [5, 5.41) is 3.72. The number of nitrogens with zero attached hydrogens (tertiary/aromatic N) is 2. The molecule has 0 radical (unpaired) electrons. The molecule has 4 rings (SSSR count). The van der Waals surface area contributed by atoms with Gasteiger partial charge in [0.15, 0.2) is 0 Å². The molecular formula is C23H32F3N3O3. The number of carbonyl (C=O) groups excluding carboxylic acids is 1. The molecule has 1 aromatic heterocycles. The van der Waals surface area contributed by atoms with E-state index in [1.807, 2.05) is 0 Å². The second-order valence-electron chi connectivity index (χ2n) is 9.72. The predicted molar refractivity (Wildman–Crippen MR) is 113 cm³/mol. The molecule has 178 valence electrons. The third-order valence-electron chi connectivity index (χ3n) is 7.28. The molecule has 2 fully saturated rings. The van der Waals surface area contributed by atoms with Crippen molar-refractivity contribution in [3.63, 3.8) is 0 Å². The zero-order valence-electron chi connectivity index (χ0n) is 18.7. The Labute approximate surface area is 186 Å². The smallest absolute Gasteiger partial charge is 0.381 e. The van der Waals surface area contributed by atoms with Crippen molar-refractivity contribution < 1.29 is 22.7 Å². The van der Waals surface area contributed by atoms with Crippen LogP contribution >= 0.6 is 0 Å². The molecule has 32 heavy (non-hydrogen) atoms. The standard InChI is InChI=1S/C23H32F3N3O3/c1-14(2)19-11-17(27-16-3-7-32-8-4-16)12-20(19)22(31)28-5-6-29-18(13-28)9-15(10-21(29)30)23(24,25)26/h9-10,14,16-17,19-20,27H,3-8,11-13H2,1-2H3/t17-,19?,20-/m1/s1. The summed E-state index contributed by atoms with van der Waals surface area (Å²) in [6.45, 7) is 6.37. The summed E-state index contributed by atoms with van der Waals surface area (Å²) in [5.41, 5.74) is -1.37. The topological polar surface area (TPSA) is 63.6 Å². The lowest BCUT2D eigenvalue weighted by molar-refractivity contribution is -0.139. The lowest BCUT2D eigenvalue weighted by atomic mass is 9.85. The summed E-state index contributed by atoms with van der Waals surface area (Å²) >= 11 is 0. The van der Waals surface area contributed by atoms with Crippen LogP contribution in [0.25, 0.3) is 0 Å². The molecule has 0 bridgehead atoms. The predicted octanol–water partition coefficient (Wildman–Crippen LogP) is 3.03. The van der Waals surface area contributed by atoms with Gasteiger partial charge in [0, 0.05) is 56.1 Å². The number of fused-ring (bicyclic) bond motifs is 1. The molecule has 2 aliphatic heterocycles. The first-order valence-corrected chi connectivity index (χ1v) is 11.6. The summed E-state index contributed by atoms with van der Waals surface area (Å²) in [6, 6.07) is 2.31. The van der Waals surface area contributed by atoms with Crippen molar-refractivity contribution in [2.24, 2.45) is 17.8 Å². The molecule has 1 saturated carbocycles. The quantitative estimate of drug-likeness (QED) is 0.758. The number of aromatic nitrogens is 1. The van der Waals surface area contributed by atoms with E-state index in [-0.39, 0.29) is 42.6 Å². The van der Waals surface area contributed by atoms with E-state index in [0.29, 0.717) is 24.6 Å². The molecule has 1 N–H and O–H groups in total. The number of nitrogens with one attached hydrogen (secondary N) is 1. The number of rotatable bonds is 4. The van der Waals surface area contributed by atoms with Crippen molar-refractivity contribution in [2.45, 2.75) is 70.9 Å². The first-order chi connectivity index (χ1) is 15.1. The highest BCUT2D eigenvalue weighted by Crippen LogP contribution is 2.39. The van der Waals surface area contributed by atoms with E-state index >= 15 is 0 Å². The van der Waals surface area contributed by atoms with Gasteiger partial charge >= 0.3 is 6.18 Å². The fourth-order valence-electron chi connectivity index (χ4n) is 5.54. The third kappa shape index (κ3) is 4.88. The van der Waals surface area contributed by atoms with Crippen molar-refractivity contribution in [1.29, 1.82) is 0 Å². The molecule has 0 aromatic carbocycles. The van der Waals surface area contributed by atoms with Crippen LogP contribution in [0.1, 0.15) is 50.8 Å². The van der Waals surface area contributed by atoms with Gasteiger partial charge in [0.2, 0.25) is 5.91 Å². The Morgan fingerprint density at radius 1 is 1.12 bits per heavy atom. The summed E-state index contributed by atoms with van der Waals surface area (Å²) in [7, 11) is 0. The van der Waals surface area contributed by atoms with Gasteiger partial charge in [-0.25, -0.2) is 0 Å². The van der Waals surface area contributed by atoms with Crippen LogP contribution in [-0.4, -0.2) is 47.2 Å². The highest BCUT2D eigenvalue weighted by Gasteiger charge is 2.43. The van der Waals surface area contributed by atoms with Crippen LogP contribution in [0.4, 0.5) is 13.2 Å². The number of ether oxygens (including phenoxy) is 1. The van der Waals surface area contributed by atoms with Gasteiger partial charge in [-0.3, -0.25) is 9.59 Å². The molecule has 1 amide bonds. The number of halogens is 3. The number of amides is 1. The van der Waals surface area contributed by atoms with Crippen LogP contribution in [0.2, 0.25) is 0 Å². The normalized spacial score (nSPS) is 27.1. The number of alkyl halides is 3. The van der Waals surface area contributed by atoms with Gasteiger partial charge in [0.05, 0.1) is 12.1 Å². The van der Waals surface area contributed by atoms with Gasteiger partial charge in [-0.15, -0.1) is 0 Å². The second kappa shape index (κ2) is 9.17. The summed E-state index contributed by atoms with van der Waals surface area (Å²) in [6.07, 6.45) is -0.974. The van der Waals surface area contributed by atoms with E-state index in [0.717, 1.165) is 45.0 Å². The monoisotopic (exact) mass is 455 g/mol. The van der Waals surface area contributed by atoms with Gasteiger partial charge in [0.25, 0.3) is 5.56 Å². The van der Waals surface area contributed by atoms with Crippen LogP contribution in [0.3, 0.4) is 0 Å². The maximum absolute atomic E-state index is 13.5. The Morgan fingerprint density at radius 2 is 1.84 bits per heavy atom. The fourth-order valence-corrected chi connectivity index (χ4v) is 5.54. The molecule has 1 aliphatic carbocycles. The highest BCUT2D eigenvalue weighted by atomic mass is 19.4. The molecule has 3 heterocycles. The highest BCUT2D eigenvalue weighted by molar-refractivity contribution is 5.79. The first-order valence-electron chi connectivity index (χ1n) is 11.6. The number of pyridine rings is 1. The fraction of sp³-hybridized carbons (Fsp3) is 0.739. The van der Waals surface area contributed by atoms with E-state index in [4.69, 9.17) is 4.74 Å². The zero-order valence-corrected chi connectivity index (χ0v) is 18.7. The van der Waals surface area contributed by atoms with Crippen molar-refractivity contribution in [3.8, 4) is 0 Å². The Balaban J connectivity index is 1.48. The van der Waals surface area contributed by atoms with Gasteiger partial charge in [-0.1, -0.05) is 13.8 Å². The lowest BCUT2D eigenvalue weighted by Crippen LogP contribution is -2.46. The van der Waals surface area contributed by atoms with Crippen LogP contribution < -0.4 is 10.9 Å². The van der Waals surface area contributed by atoms with E-state index in [9.17, 15) is 22.8 Å². The van der Waals surface area contributed by atoms with Crippen LogP contribution in [0.5, 0.6) is 0 Å². The maximum Gasteiger partial charge on any atom is 0.416 e. The molecular weight excluding hydrogens is 423 g/mol. The first kappa shape index (κ1) is 23.3. The third-order valence-corrected chi connectivity index (χ3v) is 7.28. The van der Waals surface area contributed by atoms with Gasteiger partial charge in [0.1, 0.15) is 0 Å². The van der Waals surface area contributed by atoms with Crippen molar-refractivity contribution >= 4 is 5.91 Å². The largest absolute Gasteiger partial charge is 0.416 e. The second-order valence-corrected chi connectivity index (χ2v) is 9.72. The van der Waals surface area contributed by atoms with E-state index in [2.05, 4.69) is 19.2 Å². The molecule has 9 heteroatoms. The van der Waals surface area contributed by atoms with Crippen LogP contribution in [-0.2, 0) is 28.8 Å². The maximum atomic E-state index is 13.5. The van der Waals surface area contributed by atoms with Crippen molar-refractivity contribution in [1.82, 2.24) is 14.8 Å². The summed E-state index contributed by atoms with van der Waals surface area (Å²) in [5.74, 6) is 0.403. The van der Waals surface area contributed by atoms with Crippen molar-refractivity contribution in [2.75, 3.05) is 19.8 Å². The van der Waals surface area contributed by atoms with E-state index < -0.39 is 17.3 Å². The van der Waals surface area contributed by atoms with Gasteiger partial charge in [-0.05, 0) is 43.6 Å². The Bertz CT molecular complexity index is 893. The average molecular weight is 456 g/mol. The Hall–Kier alpha value is -1.87. The lowest BCUT2D eigenvalue weighted by Gasteiger charge is -2.34. The number of hydrogen-bond acceptors (Lipinski definition) is 4. The molecule has 0 spiro atoms. The van der Waals surface area contributed by atoms with Crippen LogP contribution in [0, 0.1) is 17.8 Å². The van der Waals surface area contributed by atoms with Crippen molar-refractivity contribution in [3.05, 3.63) is 33.7 Å². The zero-order chi connectivity index (χ0) is 23.0. The minimum Gasteiger partial charge on any atom is -0.381 e. The van der Waals surface area contributed by atoms with Gasteiger partial charge < -0.3 is 19.5 Å². The summed E-state index contributed by atoms with van der Waals surface area (Å²) < 4.78 is 46.3. The molecule has 6 nitrogen and oxygen atoms in total. The number of carbonyl (C=O) groups is 1. The van der Waals surface area contributed by atoms with Crippen LogP contribution in [0.15, 0.2) is 16.9 Å². The Morgan fingerprint density at radius 3 is 2.50 bits per heavy atom. The molecule has 3 aliphatic rings. The minimum atomic E-state index is -4.59. The number of hydrogen-bond donors (Lipinski definition) is 1. The molecule has 3 atom stereocenters. The molecule has 1 saturated heterocycles. The van der Waals surface area contributed by atoms with Gasteiger partial charge in [-0.2, -0.15) is 13.2 Å². The Kier molecular flexibility index (Phi) is 6.68.